The van der Waals surface area contributed by atoms with Crippen LogP contribution < -0.4 is 0 Å². The van der Waals surface area contributed by atoms with E-state index in [0.29, 0.717) is 38.8 Å². The number of halogens is 3. The lowest BCUT2D eigenvalue weighted by Gasteiger charge is -2.34. The maximum atomic E-state index is 13.5. The lowest BCUT2D eigenvalue weighted by molar-refractivity contribution is -0.132. The van der Waals surface area contributed by atoms with E-state index in [2.05, 4.69) is 0 Å². The molecule has 2 rings (SSSR count). The molecular formula is C14H17F3N2O2. The van der Waals surface area contributed by atoms with E-state index in [0.717, 1.165) is 6.07 Å². The highest BCUT2D eigenvalue weighted by Gasteiger charge is 2.22. The number of aliphatic hydroxyl groups excluding tert-OH is 1. The Balaban J connectivity index is 1.95. The van der Waals surface area contributed by atoms with Gasteiger partial charge in [-0.05, 0) is 6.07 Å². The van der Waals surface area contributed by atoms with Crippen LogP contribution in [0.25, 0.3) is 0 Å². The number of carbonyl (C=O) groups excluding carboxylic acids is 1. The first-order valence-electron chi connectivity index (χ1n) is 6.75. The molecule has 1 aromatic carbocycles. The predicted molar refractivity (Wildman–Crippen MR) is 70.1 cm³/mol. The Morgan fingerprint density at radius 3 is 2.29 bits per heavy atom. The van der Waals surface area contributed by atoms with Crippen LogP contribution in [0.15, 0.2) is 12.1 Å². The zero-order valence-corrected chi connectivity index (χ0v) is 11.5. The van der Waals surface area contributed by atoms with E-state index in [9.17, 15) is 18.0 Å². The molecule has 0 saturated carbocycles. The molecule has 1 N–H and O–H groups in total. The van der Waals surface area contributed by atoms with Crippen LogP contribution in [0.1, 0.15) is 5.56 Å². The Morgan fingerprint density at radius 2 is 1.67 bits per heavy atom. The van der Waals surface area contributed by atoms with E-state index in [-0.39, 0.29) is 24.5 Å². The summed E-state index contributed by atoms with van der Waals surface area (Å²) in [6, 6.07) is 1.18. The molecule has 0 radical (unpaired) electrons. The molecule has 1 fully saturated rings. The number of carbonyl (C=O) groups is 1. The van der Waals surface area contributed by atoms with Crippen molar-refractivity contribution in [1.82, 2.24) is 9.80 Å². The van der Waals surface area contributed by atoms with Gasteiger partial charge in [0.15, 0.2) is 11.6 Å². The summed E-state index contributed by atoms with van der Waals surface area (Å²) < 4.78 is 39.4. The molecule has 1 heterocycles. The fourth-order valence-electron chi connectivity index (χ4n) is 2.34. The van der Waals surface area contributed by atoms with E-state index in [1.165, 1.54) is 0 Å². The Bertz CT molecular complexity index is 517. The highest BCUT2D eigenvalue weighted by Crippen LogP contribution is 2.15. The molecule has 7 heteroatoms. The number of aliphatic hydroxyl groups is 1. The molecule has 1 aromatic rings. The van der Waals surface area contributed by atoms with Crippen LogP contribution in [-0.2, 0) is 11.2 Å². The molecule has 0 unspecified atom stereocenters. The van der Waals surface area contributed by atoms with Crippen LogP contribution >= 0.6 is 0 Å². The van der Waals surface area contributed by atoms with Crippen LogP contribution in [0.5, 0.6) is 0 Å². The molecule has 0 aromatic heterocycles. The summed E-state index contributed by atoms with van der Waals surface area (Å²) in [5.74, 6) is -3.65. The minimum Gasteiger partial charge on any atom is -0.395 e. The maximum absolute atomic E-state index is 13.5. The lowest BCUT2D eigenvalue weighted by Crippen LogP contribution is -2.49. The molecule has 4 nitrogen and oxygen atoms in total. The first-order valence-corrected chi connectivity index (χ1v) is 6.75. The molecule has 0 atom stereocenters. The molecule has 0 aliphatic carbocycles. The fourth-order valence-corrected chi connectivity index (χ4v) is 2.34. The standard InChI is InChI=1S/C14H17F3N2O2/c15-11-9-13(17)12(16)7-10(11)8-14(21)19-3-1-18(2-4-19)5-6-20/h7,9,20H,1-6,8H2. The first-order chi connectivity index (χ1) is 10.0. The molecule has 1 aliphatic rings. The second-order valence-corrected chi connectivity index (χ2v) is 4.98. The second kappa shape index (κ2) is 6.91. The number of amides is 1. The van der Waals surface area contributed by atoms with E-state index in [1.807, 2.05) is 4.90 Å². The summed E-state index contributed by atoms with van der Waals surface area (Å²) in [4.78, 5) is 15.6. The van der Waals surface area contributed by atoms with Gasteiger partial charge in [0, 0.05) is 44.4 Å². The van der Waals surface area contributed by atoms with E-state index in [1.54, 1.807) is 4.90 Å². The van der Waals surface area contributed by atoms with Gasteiger partial charge < -0.3 is 10.0 Å². The minimum atomic E-state index is -1.26. The van der Waals surface area contributed by atoms with E-state index in [4.69, 9.17) is 5.11 Å². The van der Waals surface area contributed by atoms with Gasteiger partial charge in [-0.15, -0.1) is 0 Å². The third-order valence-electron chi connectivity index (χ3n) is 3.57. The van der Waals surface area contributed by atoms with Crippen LogP contribution in [-0.4, -0.2) is 60.1 Å². The Hall–Kier alpha value is -1.60. The molecular weight excluding hydrogens is 285 g/mol. The molecule has 116 valence electrons. The number of benzene rings is 1. The van der Waals surface area contributed by atoms with Crippen molar-refractivity contribution < 1.29 is 23.1 Å². The number of rotatable bonds is 4. The van der Waals surface area contributed by atoms with Crippen molar-refractivity contribution in [2.45, 2.75) is 6.42 Å². The van der Waals surface area contributed by atoms with Gasteiger partial charge in [-0.3, -0.25) is 9.69 Å². The predicted octanol–water partition coefficient (Wildman–Crippen LogP) is 0.783. The van der Waals surface area contributed by atoms with Crippen molar-refractivity contribution in [2.75, 3.05) is 39.3 Å². The van der Waals surface area contributed by atoms with Gasteiger partial charge in [0.2, 0.25) is 5.91 Å². The summed E-state index contributed by atoms with van der Waals surface area (Å²) in [7, 11) is 0. The molecule has 1 aliphatic heterocycles. The zero-order valence-electron chi connectivity index (χ0n) is 11.5. The van der Waals surface area contributed by atoms with Crippen molar-refractivity contribution >= 4 is 5.91 Å². The normalized spacial score (nSPS) is 16.3. The molecule has 1 saturated heterocycles. The highest BCUT2D eigenvalue weighted by molar-refractivity contribution is 5.79. The number of nitrogens with zero attached hydrogens (tertiary/aromatic N) is 2. The van der Waals surface area contributed by atoms with E-state index < -0.39 is 17.5 Å². The Kier molecular flexibility index (Phi) is 5.19. The molecule has 21 heavy (non-hydrogen) atoms. The summed E-state index contributed by atoms with van der Waals surface area (Å²) in [6.45, 7) is 2.83. The van der Waals surface area contributed by atoms with Crippen LogP contribution in [0.4, 0.5) is 13.2 Å². The third-order valence-corrected chi connectivity index (χ3v) is 3.57. The van der Waals surface area contributed by atoms with Crippen LogP contribution in [0, 0.1) is 17.5 Å². The van der Waals surface area contributed by atoms with Gasteiger partial charge in [0.25, 0.3) is 0 Å². The lowest BCUT2D eigenvalue weighted by atomic mass is 10.1. The van der Waals surface area contributed by atoms with Crippen molar-refractivity contribution in [2.24, 2.45) is 0 Å². The Labute approximate surface area is 120 Å². The second-order valence-electron chi connectivity index (χ2n) is 4.98. The van der Waals surface area contributed by atoms with Crippen molar-refractivity contribution in [1.29, 1.82) is 0 Å². The SMILES string of the molecule is O=C(Cc1cc(F)c(F)cc1F)N1CCN(CCO)CC1. The van der Waals surface area contributed by atoms with E-state index >= 15 is 0 Å². The number of piperazine rings is 1. The summed E-state index contributed by atoms with van der Waals surface area (Å²) in [5.41, 5.74) is -0.142. The smallest absolute Gasteiger partial charge is 0.227 e. The van der Waals surface area contributed by atoms with Crippen molar-refractivity contribution in [3.05, 3.63) is 35.1 Å². The van der Waals surface area contributed by atoms with Gasteiger partial charge in [-0.25, -0.2) is 13.2 Å². The largest absolute Gasteiger partial charge is 0.395 e. The topological polar surface area (TPSA) is 43.8 Å². The minimum absolute atomic E-state index is 0.0635. The maximum Gasteiger partial charge on any atom is 0.227 e. The fraction of sp³-hybridized carbons (Fsp3) is 0.500. The number of β-amino-alcohol motifs (C(OH)–C–C–N with tert-alkyl or cyclic N) is 1. The van der Waals surface area contributed by atoms with Gasteiger partial charge >= 0.3 is 0 Å². The average molecular weight is 302 g/mol. The highest BCUT2D eigenvalue weighted by atomic mass is 19.2. The van der Waals surface area contributed by atoms with Crippen LogP contribution in [0.3, 0.4) is 0 Å². The van der Waals surface area contributed by atoms with Gasteiger partial charge in [0.1, 0.15) is 5.82 Å². The van der Waals surface area contributed by atoms with Gasteiger partial charge in [0.05, 0.1) is 13.0 Å². The summed E-state index contributed by atoms with van der Waals surface area (Å²) in [6.07, 6.45) is -0.289. The van der Waals surface area contributed by atoms with Gasteiger partial charge in [-0.2, -0.15) is 0 Å². The monoisotopic (exact) mass is 302 g/mol. The van der Waals surface area contributed by atoms with Crippen molar-refractivity contribution in [3.63, 3.8) is 0 Å². The summed E-state index contributed by atoms with van der Waals surface area (Å²) in [5, 5.41) is 8.84. The molecule has 0 spiro atoms. The quantitative estimate of drug-likeness (QED) is 0.836. The third kappa shape index (κ3) is 3.95. The molecule has 1 amide bonds. The average Bonchev–Trinajstić information content (AvgIpc) is 2.46. The van der Waals surface area contributed by atoms with Crippen LogP contribution in [0.2, 0.25) is 0 Å². The zero-order chi connectivity index (χ0) is 15.4. The summed E-state index contributed by atoms with van der Waals surface area (Å²) >= 11 is 0. The number of hydrogen-bond acceptors (Lipinski definition) is 3. The van der Waals surface area contributed by atoms with Crippen molar-refractivity contribution in [3.8, 4) is 0 Å². The Morgan fingerprint density at radius 1 is 1.05 bits per heavy atom. The first kappa shape index (κ1) is 15.8. The number of hydrogen-bond donors (Lipinski definition) is 1. The van der Waals surface area contributed by atoms with Gasteiger partial charge in [-0.1, -0.05) is 0 Å². The molecule has 0 bridgehead atoms.